The number of carbonyl (C=O) groups excluding carboxylic acids is 1. The third-order valence-electron chi connectivity index (χ3n) is 5.36. The first-order valence-corrected chi connectivity index (χ1v) is 10.0. The average molecular weight is 381 g/mol. The quantitative estimate of drug-likeness (QED) is 0.607. The molecule has 1 atom stereocenters. The molecule has 1 aliphatic heterocycles. The summed E-state index contributed by atoms with van der Waals surface area (Å²) in [5.41, 5.74) is 3.22. The van der Waals surface area contributed by atoms with Crippen LogP contribution in [-0.4, -0.2) is 45.8 Å². The molecular weight excluding hydrogens is 354 g/mol. The van der Waals surface area contributed by atoms with Crippen LogP contribution < -0.4 is 10.1 Å². The molecule has 1 unspecified atom stereocenters. The Bertz CT molecular complexity index is 918. The number of piperidine rings is 1. The van der Waals surface area contributed by atoms with Crippen LogP contribution >= 0.6 is 0 Å². The number of hydrogen-bond acceptors (Lipinski definition) is 3. The molecule has 0 radical (unpaired) electrons. The Balaban J connectivity index is 1.41. The van der Waals surface area contributed by atoms with Crippen LogP contribution in [0.1, 0.15) is 43.5 Å². The SMILES string of the molecule is CCOc1cccc2[nH]cc(CCNC(=O)N3CCCCC3c3ccn[nH]3)c12. The van der Waals surface area contributed by atoms with Crippen LogP contribution in [0.2, 0.25) is 0 Å². The molecule has 3 N–H and O–H groups in total. The summed E-state index contributed by atoms with van der Waals surface area (Å²) in [7, 11) is 0. The summed E-state index contributed by atoms with van der Waals surface area (Å²) in [6.45, 7) is 3.97. The molecule has 28 heavy (non-hydrogen) atoms. The van der Waals surface area contributed by atoms with Crippen LogP contribution in [0.4, 0.5) is 4.79 Å². The van der Waals surface area contributed by atoms with Crippen molar-refractivity contribution >= 4 is 16.9 Å². The summed E-state index contributed by atoms with van der Waals surface area (Å²) >= 11 is 0. The fourth-order valence-corrected chi connectivity index (χ4v) is 4.05. The van der Waals surface area contributed by atoms with Crippen molar-refractivity contribution in [1.82, 2.24) is 25.4 Å². The average Bonchev–Trinajstić information content (AvgIpc) is 3.39. The fourth-order valence-electron chi connectivity index (χ4n) is 4.05. The zero-order valence-electron chi connectivity index (χ0n) is 16.2. The Morgan fingerprint density at radius 3 is 3.11 bits per heavy atom. The molecule has 148 valence electrons. The first-order valence-electron chi connectivity index (χ1n) is 10.0. The molecular formula is C21H27N5O2. The Kier molecular flexibility index (Phi) is 5.50. The molecule has 7 nitrogen and oxygen atoms in total. The van der Waals surface area contributed by atoms with Crippen molar-refractivity contribution in [2.75, 3.05) is 19.7 Å². The van der Waals surface area contributed by atoms with E-state index in [1.54, 1.807) is 6.20 Å². The molecule has 4 rings (SSSR count). The number of aromatic amines is 2. The van der Waals surface area contributed by atoms with Gasteiger partial charge in [0, 0.05) is 36.4 Å². The molecule has 0 aliphatic carbocycles. The highest BCUT2D eigenvalue weighted by Gasteiger charge is 2.28. The number of fused-ring (bicyclic) bond motifs is 1. The number of urea groups is 1. The predicted molar refractivity (Wildman–Crippen MR) is 108 cm³/mol. The van der Waals surface area contributed by atoms with Crippen LogP contribution in [0.3, 0.4) is 0 Å². The molecule has 0 spiro atoms. The van der Waals surface area contributed by atoms with Gasteiger partial charge in [-0.3, -0.25) is 5.10 Å². The van der Waals surface area contributed by atoms with E-state index in [2.05, 4.69) is 20.5 Å². The maximum absolute atomic E-state index is 12.8. The minimum Gasteiger partial charge on any atom is -0.493 e. The number of likely N-dealkylation sites (tertiary alicyclic amines) is 1. The zero-order valence-corrected chi connectivity index (χ0v) is 16.2. The van der Waals surface area contributed by atoms with Crippen LogP contribution in [0, 0.1) is 0 Å². The second-order valence-electron chi connectivity index (χ2n) is 7.12. The lowest BCUT2D eigenvalue weighted by molar-refractivity contribution is 0.150. The van der Waals surface area contributed by atoms with Gasteiger partial charge >= 0.3 is 6.03 Å². The van der Waals surface area contributed by atoms with Crippen molar-refractivity contribution < 1.29 is 9.53 Å². The first kappa shape index (κ1) is 18.4. The standard InChI is InChI=1S/C21H27N5O2/c1-2-28-19-8-5-6-17-20(19)15(14-23-17)9-11-22-21(27)26-13-4-3-7-18(26)16-10-12-24-25-16/h5-6,8,10,12,14,18,23H,2-4,7,9,11,13H2,1H3,(H,22,27)(H,24,25). The number of benzene rings is 1. The lowest BCUT2D eigenvalue weighted by Crippen LogP contribution is -2.45. The van der Waals surface area contributed by atoms with E-state index in [1.165, 1.54) is 0 Å². The molecule has 2 amide bonds. The van der Waals surface area contributed by atoms with Gasteiger partial charge < -0.3 is 19.9 Å². The van der Waals surface area contributed by atoms with Gasteiger partial charge in [-0.25, -0.2) is 4.79 Å². The first-order chi connectivity index (χ1) is 13.8. The number of aromatic nitrogens is 3. The van der Waals surface area contributed by atoms with Crippen molar-refractivity contribution in [2.45, 2.75) is 38.6 Å². The molecule has 3 heterocycles. The summed E-state index contributed by atoms with van der Waals surface area (Å²) in [4.78, 5) is 18.0. The molecule has 7 heteroatoms. The van der Waals surface area contributed by atoms with E-state index in [4.69, 9.17) is 4.74 Å². The topological polar surface area (TPSA) is 86.0 Å². The zero-order chi connectivity index (χ0) is 19.3. The summed E-state index contributed by atoms with van der Waals surface area (Å²) in [6.07, 6.45) is 7.63. The molecule has 0 bridgehead atoms. The van der Waals surface area contributed by atoms with Crippen molar-refractivity contribution in [3.05, 3.63) is 47.9 Å². The minimum absolute atomic E-state index is 0.0100. The monoisotopic (exact) mass is 381 g/mol. The van der Waals surface area contributed by atoms with Crippen LogP contribution in [0.25, 0.3) is 10.9 Å². The van der Waals surface area contributed by atoms with Crippen LogP contribution in [0.15, 0.2) is 36.7 Å². The van der Waals surface area contributed by atoms with Crippen molar-refractivity contribution in [3.8, 4) is 5.75 Å². The molecule has 1 aromatic carbocycles. The highest BCUT2D eigenvalue weighted by atomic mass is 16.5. The summed E-state index contributed by atoms with van der Waals surface area (Å²) in [5, 5.41) is 11.3. The third kappa shape index (κ3) is 3.69. The lowest BCUT2D eigenvalue weighted by Gasteiger charge is -2.35. The van der Waals surface area contributed by atoms with E-state index >= 15 is 0 Å². The molecule has 1 fully saturated rings. The second kappa shape index (κ2) is 8.37. The number of carbonyl (C=O) groups is 1. The Morgan fingerprint density at radius 1 is 1.36 bits per heavy atom. The Hall–Kier alpha value is -2.96. The molecule has 2 aromatic heterocycles. The third-order valence-corrected chi connectivity index (χ3v) is 5.36. The van der Waals surface area contributed by atoms with Crippen molar-refractivity contribution in [1.29, 1.82) is 0 Å². The normalized spacial score (nSPS) is 17.0. The highest BCUT2D eigenvalue weighted by Crippen LogP contribution is 2.30. The van der Waals surface area contributed by atoms with Crippen molar-refractivity contribution in [3.63, 3.8) is 0 Å². The molecule has 3 aromatic rings. The molecule has 1 saturated heterocycles. The van der Waals surface area contributed by atoms with Crippen LogP contribution in [0.5, 0.6) is 5.75 Å². The van der Waals surface area contributed by atoms with Crippen molar-refractivity contribution in [2.24, 2.45) is 0 Å². The van der Waals surface area contributed by atoms with E-state index in [1.807, 2.05) is 42.3 Å². The smallest absolute Gasteiger partial charge is 0.317 e. The molecule has 1 aliphatic rings. The van der Waals surface area contributed by atoms with Gasteiger partial charge in [0.2, 0.25) is 0 Å². The highest BCUT2D eigenvalue weighted by molar-refractivity contribution is 5.89. The van der Waals surface area contributed by atoms with Gasteiger partial charge in [0.05, 0.1) is 18.3 Å². The maximum atomic E-state index is 12.8. The van der Waals surface area contributed by atoms with E-state index in [0.29, 0.717) is 13.2 Å². The van der Waals surface area contributed by atoms with Crippen LogP contribution in [-0.2, 0) is 6.42 Å². The second-order valence-corrected chi connectivity index (χ2v) is 7.12. The van der Waals surface area contributed by atoms with Gasteiger partial charge in [0.1, 0.15) is 5.75 Å². The van der Waals surface area contributed by atoms with E-state index in [0.717, 1.165) is 60.1 Å². The van der Waals surface area contributed by atoms with Gasteiger partial charge in [-0.1, -0.05) is 6.07 Å². The number of ether oxygens (including phenoxy) is 1. The number of hydrogen-bond donors (Lipinski definition) is 3. The van der Waals surface area contributed by atoms with Gasteiger partial charge in [0.15, 0.2) is 0 Å². The summed E-state index contributed by atoms with van der Waals surface area (Å²) in [5.74, 6) is 0.887. The predicted octanol–water partition coefficient (Wildman–Crippen LogP) is 3.77. The number of amides is 2. The Labute approximate surface area is 164 Å². The number of nitrogens with zero attached hydrogens (tertiary/aromatic N) is 2. The van der Waals surface area contributed by atoms with Gasteiger partial charge in [0.25, 0.3) is 0 Å². The van der Waals surface area contributed by atoms with E-state index < -0.39 is 0 Å². The van der Waals surface area contributed by atoms with Gasteiger partial charge in [-0.15, -0.1) is 0 Å². The summed E-state index contributed by atoms with van der Waals surface area (Å²) < 4.78 is 5.77. The number of H-pyrrole nitrogens is 2. The summed E-state index contributed by atoms with van der Waals surface area (Å²) in [6, 6.07) is 8.05. The molecule has 0 saturated carbocycles. The largest absolute Gasteiger partial charge is 0.493 e. The minimum atomic E-state index is -0.0100. The fraction of sp³-hybridized carbons (Fsp3) is 0.429. The number of rotatable bonds is 6. The van der Waals surface area contributed by atoms with Gasteiger partial charge in [-0.05, 0) is 56.4 Å². The maximum Gasteiger partial charge on any atom is 0.317 e. The Morgan fingerprint density at radius 2 is 2.29 bits per heavy atom. The van der Waals surface area contributed by atoms with E-state index in [9.17, 15) is 4.79 Å². The van der Waals surface area contributed by atoms with Gasteiger partial charge in [-0.2, -0.15) is 5.10 Å². The lowest BCUT2D eigenvalue weighted by atomic mass is 10.00. The van der Waals surface area contributed by atoms with E-state index in [-0.39, 0.29) is 12.1 Å². The number of nitrogens with one attached hydrogen (secondary N) is 3.